The second-order valence-corrected chi connectivity index (χ2v) is 4.56. The van der Waals surface area contributed by atoms with E-state index in [-0.39, 0.29) is 0 Å². The summed E-state index contributed by atoms with van der Waals surface area (Å²) in [6, 6.07) is 7.21. The molecule has 0 unspecified atom stereocenters. The molecule has 0 atom stereocenters. The Hall–Kier alpha value is -2.24. The molecule has 1 aromatic carbocycles. The van der Waals surface area contributed by atoms with Gasteiger partial charge in [-0.2, -0.15) is 0 Å². The number of nitrogens with two attached hydrogens (primary N) is 1. The number of nitrogens with one attached hydrogen (secondary N) is 1. The molecule has 0 aliphatic carbocycles. The van der Waals surface area contributed by atoms with Gasteiger partial charge in [-0.05, 0) is 38.0 Å². The van der Waals surface area contributed by atoms with Crippen molar-refractivity contribution in [2.75, 3.05) is 25.0 Å². The summed E-state index contributed by atoms with van der Waals surface area (Å²) in [7, 11) is 0. The summed E-state index contributed by atoms with van der Waals surface area (Å²) < 4.78 is 4.83. The number of hydrogen-bond acceptors (Lipinski definition) is 3. The van der Waals surface area contributed by atoms with Gasteiger partial charge in [0.05, 0.1) is 12.3 Å². The topological polar surface area (TPSA) is 79.9 Å². The summed E-state index contributed by atoms with van der Waals surface area (Å²) in [5, 5.41) is 2.64. The van der Waals surface area contributed by atoms with Crippen molar-refractivity contribution in [1.29, 1.82) is 0 Å². The van der Waals surface area contributed by atoms with Crippen molar-refractivity contribution in [3.8, 4) is 0 Å². The van der Waals surface area contributed by atoms with Crippen molar-refractivity contribution >= 4 is 23.4 Å². The molecule has 0 saturated carbocycles. The number of nitrogens with zero attached hydrogens (tertiary/aromatic N) is 2. The Balaban J connectivity index is 2.05. The lowest BCUT2D eigenvalue weighted by molar-refractivity contribution is 0.168. The van der Waals surface area contributed by atoms with Crippen LogP contribution < -0.4 is 11.1 Å². The van der Waals surface area contributed by atoms with Crippen LogP contribution in [0.1, 0.15) is 19.8 Å². The zero-order chi connectivity index (χ0) is 14.4. The van der Waals surface area contributed by atoms with Crippen LogP contribution in [0.25, 0.3) is 0 Å². The standard InChI is InChI=1S/C14H20N4O2/c1-2-20-14(19)17-12-7-5-6-11(10-12)16-13(15)18-8-3-4-9-18/h5-7,10H,2-4,8-9H2,1H3,(H2,15,16)(H,17,19). The predicted octanol–water partition coefficient (Wildman–Crippen LogP) is 2.30. The number of carbonyl (C=O) groups is 1. The number of guanidine groups is 1. The van der Waals surface area contributed by atoms with E-state index in [0.717, 1.165) is 25.9 Å². The number of likely N-dealkylation sites (tertiary alicyclic amines) is 1. The van der Waals surface area contributed by atoms with Gasteiger partial charge in [-0.1, -0.05) is 6.07 Å². The fourth-order valence-corrected chi connectivity index (χ4v) is 2.09. The summed E-state index contributed by atoms with van der Waals surface area (Å²) >= 11 is 0. The third-order valence-electron chi connectivity index (χ3n) is 3.04. The highest BCUT2D eigenvalue weighted by molar-refractivity contribution is 5.86. The molecule has 20 heavy (non-hydrogen) atoms. The van der Waals surface area contributed by atoms with Crippen molar-refractivity contribution in [3.63, 3.8) is 0 Å². The predicted molar refractivity (Wildman–Crippen MR) is 79.2 cm³/mol. The Labute approximate surface area is 118 Å². The summed E-state index contributed by atoms with van der Waals surface area (Å²) in [6.07, 6.45) is 1.84. The summed E-state index contributed by atoms with van der Waals surface area (Å²) in [6.45, 7) is 4.01. The van der Waals surface area contributed by atoms with E-state index >= 15 is 0 Å². The molecule has 1 aliphatic rings. The number of carbonyl (C=O) groups excluding carboxylic acids is 1. The normalized spacial score (nSPS) is 15.2. The van der Waals surface area contributed by atoms with Crippen LogP contribution in [-0.2, 0) is 4.74 Å². The molecule has 3 N–H and O–H groups in total. The van der Waals surface area contributed by atoms with Gasteiger partial charge in [0, 0.05) is 18.8 Å². The number of amides is 1. The lowest BCUT2D eigenvalue weighted by Crippen LogP contribution is -2.34. The molecule has 0 spiro atoms. The molecule has 2 rings (SSSR count). The Morgan fingerprint density at radius 1 is 1.45 bits per heavy atom. The Bertz CT molecular complexity index is 496. The summed E-state index contributed by atoms with van der Waals surface area (Å²) in [4.78, 5) is 17.8. The highest BCUT2D eigenvalue weighted by Gasteiger charge is 2.13. The van der Waals surface area contributed by atoms with Gasteiger partial charge in [-0.25, -0.2) is 9.79 Å². The van der Waals surface area contributed by atoms with Gasteiger partial charge < -0.3 is 15.4 Å². The van der Waals surface area contributed by atoms with Crippen LogP contribution in [0.15, 0.2) is 29.3 Å². The lowest BCUT2D eigenvalue weighted by atomic mass is 10.3. The summed E-state index contributed by atoms with van der Waals surface area (Å²) in [5.74, 6) is 0.524. The van der Waals surface area contributed by atoms with Gasteiger partial charge in [0.1, 0.15) is 0 Å². The van der Waals surface area contributed by atoms with Crippen molar-refractivity contribution < 1.29 is 9.53 Å². The van der Waals surface area contributed by atoms with E-state index < -0.39 is 6.09 Å². The molecular weight excluding hydrogens is 256 g/mol. The minimum absolute atomic E-state index is 0.339. The minimum atomic E-state index is -0.471. The van der Waals surface area contributed by atoms with Gasteiger partial charge in [0.25, 0.3) is 0 Å². The van der Waals surface area contributed by atoms with E-state index in [2.05, 4.69) is 15.2 Å². The maximum atomic E-state index is 11.4. The Morgan fingerprint density at radius 2 is 2.20 bits per heavy atom. The maximum Gasteiger partial charge on any atom is 0.411 e. The lowest BCUT2D eigenvalue weighted by Gasteiger charge is -2.15. The number of hydrogen-bond donors (Lipinski definition) is 2. The average molecular weight is 276 g/mol. The molecule has 1 aromatic rings. The van der Waals surface area contributed by atoms with Gasteiger partial charge in [-0.3, -0.25) is 5.32 Å². The number of aliphatic imine (C=N–C) groups is 1. The monoisotopic (exact) mass is 276 g/mol. The van der Waals surface area contributed by atoms with Gasteiger partial charge in [0.15, 0.2) is 5.96 Å². The number of ether oxygens (including phenoxy) is 1. The van der Waals surface area contributed by atoms with Crippen LogP contribution in [0.2, 0.25) is 0 Å². The van der Waals surface area contributed by atoms with E-state index in [1.165, 1.54) is 0 Å². The molecule has 0 aromatic heterocycles. The van der Waals surface area contributed by atoms with Gasteiger partial charge >= 0.3 is 6.09 Å². The largest absolute Gasteiger partial charge is 0.450 e. The van der Waals surface area contributed by atoms with E-state index in [1.807, 2.05) is 12.1 Å². The zero-order valence-electron chi connectivity index (χ0n) is 11.6. The van der Waals surface area contributed by atoms with Crippen molar-refractivity contribution in [3.05, 3.63) is 24.3 Å². The molecular formula is C14H20N4O2. The van der Waals surface area contributed by atoms with Crippen LogP contribution in [0, 0.1) is 0 Å². The third kappa shape index (κ3) is 3.88. The van der Waals surface area contributed by atoms with Crippen LogP contribution in [0.5, 0.6) is 0 Å². The second kappa shape index (κ2) is 6.79. The van der Waals surface area contributed by atoms with Crippen molar-refractivity contribution in [2.45, 2.75) is 19.8 Å². The molecule has 1 saturated heterocycles. The molecule has 108 valence electrons. The van der Waals surface area contributed by atoms with Crippen LogP contribution in [0.4, 0.5) is 16.2 Å². The van der Waals surface area contributed by atoms with Gasteiger partial charge in [-0.15, -0.1) is 0 Å². The van der Waals surface area contributed by atoms with Crippen molar-refractivity contribution in [2.24, 2.45) is 10.7 Å². The zero-order valence-corrected chi connectivity index (χ0v) is 11.6. The van der Waals surface area contributed by atoms with Crippen LogP contribution in [-0.4, -0.2) is 36.6 Å². The molecule has 6 heteroatoms. The van der Waals surface area contributed by atoms with Crippen molar-refractivity contribution in [1.82, 2.24) is 4.90 Å². The highest BCUT2D eigenvalue weighted by atomic mass is 16.5. The van der Waals surface area contributed by atoms with E-state index in [0.29, 0.717) is 23.9 Å². The Morgan fingerprint density at radius 3 is 2.90 bits per heavy atom. The molecule has 0 radical (unpaired) electrons. The van der Waals surface area contributed by atoms with Gasteiger partial charge in [0.2, 0.25) is 0 Å². The minimum Gasteiger partial charge on any atom is -0.450 e. The molecule has 1 aliphatic heterocycles. The van der Waals surface area contributed by atoms with Crippen LogP contribution in [0.3, 0.4) is 0 Å². The molecule has 1 amide bonds. The Kier molecular flexibility index (Phi) is 4.81. The van der Waals surface area contributed by atoms with E-state index in [1.54, 1.807) is 19.1 Å². The molecule has 1 heterocycles. The first-order chi connectivity index (χ1) is 9.69. The number of rotatable bonds is 3. The first-order valence-electron chi connectivity index (χ1n) is 6.82. The first kappa shape index (κ1) is 14.2. The molecule has 0 bridgehead atoms. The third-order valence-corrected chi connectivity index (χ3v) is 3.04. The maximum absolute atomic E-state index is 11.4. The quantitative estimate of drug-likeness (QED) is 0.655. The fourth-order valence-electron chi connectivity index (χ4n) is 2.09. The highest BCUT2D eigenvalue weighted by Crippen LogP contribution is 2.19. The smallest absolute Gasteiger partial charge is 0.411 e. The fraction of sp³-hybridized carbons (Fsp3) is 0.429. The van der Waals surface area contributed by atoms with E-state index in [4.69, 9.17) is 10.5 Å². The summed E-state index contributed by atoms with van der Waals surface area (Å²) in [5.41, 5.74) is 7.32. The van der Waals surface area contributed by atoms with Crippen LogP contribution >= 0.6 is 0 Å². The number of anilines is 1. The SMILES string of the molecule is CCOC(=O)Nc1cccc(N=C(N)N2CCCC2)c1. The second-order valence-electron chi connectivity index (χ2n) is 4.56. The number of benzene rings is 1. The average Bonchev–Trinajstić information content (AvgIpc) is 2.93. The molecule has 1 fully saturated rings. The van der Waals surface area contributed by atoms with E-state index in [9.17, 15) is 4.79 Å². The molecule has 6 nitrogen and oxygen atoms in total. The first-order valence-corrected chi connectivity index (χ1v) is 6.82.